The van der Waals surface area contributed by atoms with Gasteiger partial charge in [-0.2, -0.15) is 4.98 Å². The predicted molar refractivity (Wildman–Crippen MR) is 86.2 cm³/mol. The highest BCUT2D eigenvalue weighted by atomic mass is 19.1. The van der Waals surface area contributed by atoms with Crippen LogP contribution in [0.1, 0.15) is 49.0 Å². The molecule has 0 spiro atoms. The van der Waals surface area contributed by atoms with E-state index in [0.717, 1.165) is 31.2 Å². The summed E-state index contributed by atoms with van der Waals surface area (Å²) in [6.45, 7) is 1.34. The van der Waals surface area contributed by atoms with Gasteiger partial charge in [-0.15, -0.1) is 0 Å². The molecule has 3 heterocycles. The molecule has 132 valence electrons. The number of amides is 1. The summed E-state index contributed by atoms with van der Waals surface area (Å²) in [5.74, 6) is 0.768. The first kappa shape index (κ1) is 16.2. The Labute approximate surface area is 145 Å². The maximum absolute atomic E-state index is 13.0. The number of carbonyl (C=O) groups is 1. The van der Waals surface area contributed by atoms with Gasteiger partial charge in [0.1, 0.15) is 18.0 Å². The molecule has 2 atom stereocenters. The first-order valence-corrected chi connectivity index (χ1v) is 8.70. The predicted octanol–water partition coefficient (Wildman–Crippen LogP) is 2.64. The third-order valence-corrected chi connectivity index (χ3v) is 4.79. The largest absolute Gasteiger partial charge is 0.368 e. The monoisotopic (exact) mass is 345 g/mol. The second-order valence-corrected chi connectivity index (χ2v) is 6.54. The Morgan fingerprint density at radius 1 is 1.24 bits per heavy atom. The molecule has 4 rings (SSSR count). The van der Waals surface area contributed by atoms with Gasteiger partial charge in [-0.1, -0.05) is 17.3 Å². The van der Waals surface area contributed by atoms with E-state index >= 15 is 0 Å². The molecule has 2 aromatic rings. The van der Waals surface area contributed by atoms with Crippen molar-refractivity contribution < 1.29 is 18.4 Å². The maximum Gasteiger partial charge on any atom is 0.252 e. The van der Waals surface area contributed by atoms with Gasteiger partial charge < -0.3 is 14.2 Å². The SMILES string of the molecule is O=C([C@@H]1CCCO1)N1CCC[C@H]1c1nc(Cc2ccc(F)cc2)no1. The Balaban J connectivity index is 1.46. The van der Waals surface area contributed by atoms with Crippen LogP contribution in [0.3, 0.4) is 0 Å². The highest BCUT2D eigenvalue weighted by molar-refractivity contribution is 5.81. The third-order valence-electron chi connectivity index (χ3n) is 4.79. The van der Waals surface area contributed by atoms with Crippen molar-refractivity contribution in [2.24, 2.45) is 0 Å². The Hall–Kier alpha value is -2.28. The molecule has 2 saturated heterocycles. The van der Waals surface area contributed by atoms with Crippen LogP contribution in [0.4, 0.5) is 4.39 Å². The maximum atomic E-state index is 13.0. The number of hydrogen-bond acceptors (Lipinski definition) is 5. The fourth-order valence-corrected chi connectivity index (χ4v) is 3.50. The van der Waals surface area contributed by atoms with Gasteiger partial charge in [0.25, 0.3) is 5.91 Å². The number of aromatic nitrogens is 2. The molecule has 0 bridgehead atoms. The average molecular weight is 345 g/mol. The summed E-state index contributed by atoms with van der Waals surface area (Å²) in [7, 11) is 0. The van der Waals surface area contributed by atoms with Crippen LogP contribution >= 0.6 is 0 Å². The van der Waals surface area contributed by atoms with E-state index in [1.54, 1.807) is 12.1 Å². The first-order valence-electron chi connectivity index (χ1n) is 8.70. The Bertz CT molecular complexity index is 740. The number of ether oxygens (including phenoxy) is 1. The van der Waals surface area contributed by atoms with Crippen molar-refractivity contribution in [1.82, 2.24) is 15.0 Å². The van der Waals surface area contributed by atoms with Gasteiger partial charge in [0.15, 0.2) is 5.82 Å². The average Bonchev–Trinajstić information content (AvgIpc) is 3.37. The Kier molecular flexibility index (Phi) is 4.48. The number of nitrogens with zero attached hydrogens (tertiary/aromatic N) is 3. The Morgan fingerprint density at radius 2 is 2.08 bits per heavy atom. The summed E-state index contributed by atoms with van der Waals surface area (Å²) in [5.41, 5.74) is 0.910. The fraction of sp³-hybridized carbons (Fsp3) is 0.500. The minimum atomic E-state index is -0.331. The Morgan fingerprint density at radius 3 is 2.84 bits per heavy atom. The second kappa shape index (κ2) is 6.92. The van der Waals surface area contributed by atoms with E-state index in [1.165, 1.54) is 12.1 Å². The minimum Gasteiger partial charge on any atom is -0.368 e. The van der Waals surface area contributed by atoms with Crippen LogP contribution in [0.5, 0.6) is 0 Å². The van der Waals surface area contributed by atoms with Gasteiger partial charge in [0, 0.05) is 19.6 Å². The number of carbonyl (C=O) groups excluding carboxylic acids is 1. The summed E-state index contributed by atoms with van der Waals surface area (Å²) in [6.07, 6.45) is 3.58. The molecular weight excluding hydrogens is 325 g/mol. The first-order chi connectivity index (χ1) is 12.2. The molecule has 2 aliphatic heterocycles. The number of rotatable bonds is 4. The zero-order chi connectivity index (χ0) is 17.2. The van der Waals surface area contributed by atoms with Crippen LogP contribution in [-0.4, -0.2) is 40.2 Å². The number of halogens is 1. The number of likely N-dealkylation sites (tertiary alicyclic amines) is 1. The molecular formula is C18H20FN3O3. The van der Waals surface area contributed by atoms with E-state index in [0.29, 0.717) is 31.3 Å². The van der Waals surface area contributed by atoms with Gasteiger partial charge in [0.05, 0.1) is 0 Å². The zero-order valence-electron chi connectivity index (χ0n) is 13.9. The molecule has 1 aromatic carbocycles. The van der Waals surface area contributed by atoms with Crippen LogP contribution in [-0.2, 0) is 16.0 Å². The zero-order valence-corrected chi connectivity index (χ0v) is 13.9. The fourth-order valence-electron chi connectivity index (χ4n) is 3.50. The number of hydrogen-bond donors (Lipinski definition) is 0. The lowest BCUT2D eigenvalue weighted by atomic mass is 10.1. The van der Waals surface area contributed by atoms with Gasteiger partial charge in [-0.3, -0.25) is 4.79 Å². The highest BCUT2D eigenvalue weighted by Gasteiger charge is 2.38. The van der Waals surface area contributed by atoms with Crippen molar-refractivity contribution in [3.05, 3.63) is 47.4 Å². The molecule has 25 heavy (non-hydrogen) atoms. The summed E-state index contributed by atoms with van der Waals surface area (Å²) in [5, 5.41) is 4.02. The summed E-state index contributed by atoms with van der Waals surface area (Å²) in [6, 6.07) is 6.05. The molecule has 6 nitrogen and oxygen atoms in total. The molecule has 1 aromatic heterocycles. The lowest BCUT2D eigenvalue weighted by Gasteiger charge is -2.24. The van der Waals surface area contributed by atoms with Gasteiger partial charge in [-0.05, 0) is 43.4 Å². The molecule has 2 aliphatic rings. The van der Waals surface area contributed by atoms with E-state index < -0.39 is 0 Å². The third kappa shape index (κ3) is 3.42. The van der Waals surface area contributed by atoms with Crippen molar-refractivity contribution in [2.75, 3.05) is 13.2 Å². The van der Waals surface area contributed by atoms with Crippen molar-refractivity contribution in [1.29, 1.82) is 0 Å². The molecule has 2 fully saturated rings. The second-order valence-electron chi connectivity index (χ2n) is 6.54. The van der Waals surface area contributed by atoms with Crippen LogP contribution in [0.25, 0.3) is 0 Å². The summed E-state index contributed by atoms with van der Waals surface area (Å²) < 4.78 is 23.9. The number of benzene rings is 1. The lowest BCUT2D eigenvalue weighted by molar-refractivity contribution is -0.142. The topological polar surface area (TPSA) is 68.5 Å². The molecule has 0 unspecified atom stereocenters. The van der Waals surface area contributed by atoms with Gasteiger partial charge >= 0.3 is 0 Å². The van der Waals surface area contributed by atoms with Crippen molar-refractivity contribution in [2.45, 2.75) is 44.2 Å². The van der Waals surface area contributed by atoms with E-state index in [1.807, 2.05) is 4.90 Å². The van der Waals surface area contributed by atoms with Crippen LogP contribution in [0.15, 0.2) is 28.8 Å². The standard InChI is InChI=1S/C18H20FN3O3/c19-13-7-5-12(6-8-13)11-16-20-17(25-21-16)14-3-1-9-22(14)18(23)15-4-2-10-24-15/h5-8,14-15H,1-4,9-11H2/t14-,15-/m0/s1. The summed E-state index contributed by atoms with van der Waals surface area (Å²) in [4.78, 5) is 18.9. The van der Waals surface area contributed by atoms with E-state index in [9.17, 15) is 9.18 Å². The molecule has 1 amide bonds. The summed E-state index contributed by atoms with van der Waals surface area (Å²) >= 11 is 0. The highest BCUT2D eigenvalue weighted by Crippen LogP contribution is 2.33. The smallest absolute Gasteiger partial charge is 0.252 e. The van der Waals surface area contributed by atoms with Gasteiger partial charge in [0.2, 0.25) is 5.89 Å². The van der Waals surface area contributed by atoms with Crippen LogP contribution in [0.2, 0.25) is 0 Å². The van der Waals surface area contributed by atoms with Gasteiger partial charge in [-0.25, -0.2) is 4.39 Å². The molecule has 0 saturated carbocycles. The van der Waals surface area contributed by atoms with Crippen LogP contribution in [0, 0.1) is 5.82 Å². The minimum absolute atomic E-state index is 0.0262. The molecule has 7 heteroatoms. The van der Waals surface area contributed by atoms with E-state index in [-0.39, 0.29) is 23.9 Å². The van der Waals surface area contributed by atoms with Crippen molar-refractivity contribution in [3.8, 4) is 0 Å². The molecule has 0 radical (unpaired) electrons. The van der Waals surface area contributed by atoms with Crippen molar-refractivity contribution in [3.63, 3.8) is 0 Å². The van der Waals surface area contributed by atoms with Crippen LogP contribution < -0.4 is 0 Å². The normalized spacial score (nSPS) is 23.3. The molecule has 0 N–H and O–H groups in total. The lowest BCUT2D eigenvalue weighted by Crippen LogP contribution is -2.38. The van der Waals surface area contributed by atoms with E-state index in [4.69, 9.17) is 9.26 Å². The van der Waals surface area contributed by atoms with E-state index in [2.05, 4.69) is 10.1 Å². The van der Waals surface area contributed by atoms with Crippen molar-refractivity contribution >= 4 is 5.91 Å². The molecule has 0 aliphatic carbocycles. The quantitative estimate of drug-likeness (QED) is 0.852.